The Kier molecular flexibility index (Phi) is 5.37. The lowest BCUT2D eigenvalue weighted by molar-refractivity contribution is -0.155. The van der Waals surface area contributed by atoms with Gasteiger partial charge in [-0.05, 0) is 45.4 Å². The average molecular weight is 327 g/mol. The number of likely N-dealkylation sites (tertiary alicyclic amines) is 1. The second-order valence-corrected chi connectivity index (χ2v) is 6.90. The third-order valence-corrected chi connectivity index (χ3v) is 3.72. The van der Waals surface area contributed by atoms with Crippen LogP contribution in [0.5, 0.6) is 0 Å². The Balaban J connectivity index is 2.05. The smallest absolute Gasteiger partial charge is 0.307 e. The highest BCUT2D eigenvalue weighted by molar-refractivity contribution is 5.70. The maximum atomic E-state index is 14.0. The highest BCUT2D eigenvalue weighted by Crippen LogP contribution is 2.34. The molecule has 0 spiro atoms. The number of ether oxygens (including phenoxy) is 1. The van der Waals surface area contributed by atoms with E-state index in [1.165, 1.54) is 0 Å². The zero-order valence-electron chi connectivity index (χ0n) is 13.7. The molecule has 1 saturated heterocycles. The second kappa shape index (κ2) is 6.93. The molecular formula is C17H23F2NO3. The topological polar surface area (TPSA) is 49.8 Å². The molecule has 1 N–H and O–H groups in total. The number of carbonyl (C=O) groups excluding carboxylic acids is 1. The van der Waals surface area contributed by atoms with Crippen LogP contribution in [0.2, 0.25) is 0 Å². The van der Waals surface area contributed by atoms with Crippen molar-refractivity contribution in [1.82, 2.24) is 4.90 Å². The van der Waals surface area contributed by atoms with Gasteiger partial charge in [-0.1, -0.05) is 0 Å². The van der Waals surface area contributed by atoms with Crippen LogP contribution in [-0.4, -0.2) is 40.8 Å². The van der Waals surface area contributed by atoms with Gasteiger partial charge in [0.25, 0.3) is 0 Å². The number of nitrogens with zero attached hydrogens (tertiary/aromatic N) is 1. The summed E-state index contributed by atoms with van der Waals surface area (Å²) in [5.74, 6) is -1.37. The van der Waals surface area contributed by atoms with Crippen molar-refractivity contribution in [1.29, 1.82) is 0 Å². The minimum Gasteiger partial charge on any atom is -0.460 e. The van der Waals surface area contributed by atoms with Gasteiger partial charge in [0.1, 0.15) is 17.2 Å². The monoisotopic (exact) mass is 327 g/mol. The number of aliphatic hydroxyl groups excluding tert-OH is 1. The van der Waals surface area contributed by atoms with Gasteiger partial charge in [-0.2, -0.15) is 0 Å². The van der Waals surface area contributed by atoms with E-state index < -0.39 is 29.4 Å². The summed E-state index contributed by atoms with van der Waals surface area (Å²) >= 11 is 0. The molecule has 6 heteroatoms. The van der Waals surface area contributed by atoms with Crippen molar-refractivity contribution in [3.63, 3.8) is 0 Å². The lowest BCUT2D eigenvalue weighted by atomic mass is 10.0. The maximum Gasteiger partial charge on any atom is 0.307 e. The molecule has 128 valence electrons. The first kappa shape index (κ1) is 17.8. The Bertz CT molecular complexity index is 571. The van der Waals surface area contributed by atoms with Gasteiger partial charge < -0.3 is 9.84 Å². The molecule has 1 aromatic carbocycles. The van der Waals surface area contributed by atoms with E-state index in [1.807, 2.05) is 0 Å². The van der Waals surface area contributed by atoms with E-state index in [0.29, 0.717) is 19.5 Å². The molecule has 1 fully saturated rings. The van der Waals surface area contributed by atoms with E-state index in [4.69, 9.17) is 4.74 Å². The fourth-order valence-corrected chi connectivity index (χ4v) is 2.85. The van der Waals surface area contributed by atoms with Gasteiger partial charge in [-0.3, -0.25) is 9.69 Å². The normalized spacial score (nSPS) is 22.3. The van der Waals surface area contributed by atoms with E-state index in [1.54, 1.807) is 25.7 Å². The van der Waals surface area contributed by atoms with E-state index in [9.17, 15) is 18.7 Å². The molecule has 0 aliphatic carbocycles. The van der Waals surface area contributed by atoms with Crippen LogP contribution in [0.3, 0.4) is 0 Å². The molecular weight excluding hydrogens is 304 g/mol. The largest absolute Gasteiger partial charge is 0.460 e. The van der Waals surface area contributed by atoms with Gasteiger partial charge in [0.05, 0.1) is 12.5 Å². The first-order chi connectivity index (χ1) is 10.7. The van der Waals surface area contributed by atoms with Crippen molar-refractivity contribution in [3.8, 4) is 0 Å². The minimum absolute atomic E-state index is 0.136. The number of rotatable bonds is 4. The van der Waals surface area contributed by atoms with Crippen LogP contribution in [0.1, 0.15) is 45.2 Å². The molecule has 2 rings (SSSR count). The van der Waals surface area contributed by atoms with Crippen LogP contribution >= 0.6 is 0 Å². The van der Waals surface area contributed by atoms with Crippen molar-refractivity contribution < 1.29 is 23.4 Å². The number of esters is 1. The summed E-state index contributed by atoms with van der Waals surface area (Å²) in [5, 5.41) is 9.87. The Morgan fingerprint density at radius 3 is 2.74 bits per heavy atom. The Morgan fingerprint density at radius 1 is 1.39 bits per heavy atom. The van der Waals surface area contributed by atoms with Crippen molar-refractivity contribution in [3.05, 3.63) is 35.4 Å². The average Bonchev–Trinajstić information content (AvgIpc) is 2.78. The van der Waals surface area contributed by atoms with Crippen LogP contribution in [-0.2, 0) is 9.53 Å². The number of aliphatic hydroxyl groups is 1. The fraction of sp³-hybridized carbons (Fsp3) is 0.588. The molecule has 1 aliphatic rings. The second-order valence-electron chi connectivity index (χ2n) is 6.90. The lowest BCUT2D eigenvalue weighted by Crippen LogP contribution is -2.30. The molecule has 1 aromatic rings. The number of benzene rings is 1. The number of hydrogen-bond donors (Lipinski definition) is 1. The van der Waals surface area contributed by atoms with Crippen LogP contribution in [0.15, 0.2) is 18.2 Å². The number of hydrogen-bond acceptors (Lipinski definition) is 4. The molecule has 23 heavy (non-hydrogen) atoms. The number of halogens is 2. The standard InChI is InChI=1S/C17H23F2NO3/c1-17(2,3)23-16(22)6-7-20-10-12(21)9-15(20)13-8-11(18)4-5-14(13)19/h4-5,8,12,15,21H,6-7,9-10H2,1-3H3. The van der Waals surface area contributed by atoms with Crippen LogP contribution in [0, 0.1) is 11.6 Å². The molecule has 0 saturated carbocycles. The number of carbonyl (C=O) groups is 1. The van der Waals surface area contributed by atoms with E-state index in [-0.39, 0.29) is 18.0 Å². The summed E-state index contributed by atoms with van der Waals surface area (Å²) in [5.41, 5.74) is -0.346. The highest BCUT2D eigenvalue weighted by Gasteiger charge is 2.34. The third-order valence-electron chi connectivity index (χ3n) is 3.72. The van der Waals surface area contributed by atoms with Gasteiger partial charge in [0, 0.05) is 24.7 Å². The van der Waals surface area contributed by atoms with Crippen LogP contribution in [0.25, 0.3) is 0 Å². The summed E-state index contributed by atoms with van der Waals surface area (Å²) < 4.78 is 32.6. The van der Waals surface area contributed by atoms with Gasteiger partial charge in [0.2, 0.25) is 0 Å². The van der Waals surface area contributed by atoms with Crippen molar-refractivity contribution >= 4 is 5.97 Å². The predicted molar refractivity (Wildman–Crippen MR) is 81.8 cm³/mol. The Morgan fingerprint density at radius 2 is 2.09 bits per heavy atom. The molecule has 1 heterocycles. The van der Waals surface area contributed by atoms with Crippen molar-refractivity contribution in [2.24, 2.45) is 0 Å². The molecule has 0 bridgehead atoms. The zero-order chi connectivity index (χ0) is 17.2. The van der Waals surface area contributed by atoms with Gasteiger partial charge in [-0.25, -0.2) is 8.78 Å². The molecule has 2 unspecified atom stereocenters. The highest BCUT2D eigenvalue weighted by atomic mass is 19.1. The first-order valence-corrected chi connectivity index (χ1v) is 7.74. The molecule has 1 aliphatic heterocycles. The SMILES string of the molecule is CC(C)(C)OC(=O)CCN1CC(O)CC1c1cc(F)ccc1F. The summed E-state index contributed by atoms with van der Waals surface area (Å²) in [6.07, 6.45) is -0.173. The predicted octanol–water partition coefficient (Wildman–Crippen LogP) is 2.80. The maximum absolute atomic E-state index is 14.0. The summed E-state index contributed by atoms with van der Waals surface area (Å²) in [6, 6.07) is 2.86. The van der Waals surface area contributed by atoms with E-state index in [2.05, 4.69) is 0 Å². The molecule has 4 nitrogen and oxygen atoms in total. The number of β-amino-alcohol motifs (C(OH)–C–C–N with tert-alkyl or cyclic N) is 1. The lowest BCUT2D eigenvalue weighted by Gasteiger charge is -2.25. The summed E-state index contributed by atoms with van der Waals surface area (Å²) in [6.45, 7) is 6.01. The molecule has 0 aromatic heterocycles. The zero-order valence-corrected chi connectivity index (χ0v) is 13.7. The van der Waals surface area contributed by atoms with Crippen molar-refractivity contribution in [2.75, 3.05) is 13.1 Å². The Hall–Kier alpha value is -1.53. The van der Waals surface area contributed by atoms with Crippen LogP contribution < -0.4 is 0 Å². The first-order valence-electron chi connectivity index (χ1n) is 7.74. The Labute approximate surface area is 135 Å². The van der Waals surface area contributed by atoms with Crippen molar-refractivity contribution in [2.45, 2.75) is 51.4 Å². The molecule has 2 atom stereocenters. The van der Waals surface area contributed by atoms with Gasteiger partial charge >= 0.3 is 5.97 Å². The third kappa shape index (κ3) is 4.97. The molecule has 0 radical (unpaired) electrons. The van der Waals surface area contributed by atoms with Gasteiger partial charge in [0.15, 0.2) is 0 Å². The molecule has 0 amide bonds. The van der Waals surface area contributed by atoms with E-state index in [0.717, 1.165) is 18.2 Å². The van der Waals surface area contributed by atoms with Crippen LogP contribution in [0.4, 0.5) is 8.78 Å². The summed E-state index contributed by atoms with van der Waals surface area (Å²) in [7, 11) is 0. The van der Waals surface area contributed by atoms with Gasteiger partial charge in [-0.15, -0.1) is 0 Å². The van der Waals surface area contributed by atoms with E-state index >= 15 is 0 Å². The fourth-order valence-electron chi connectivity index (χ4n) is 2.85. The minimum atomic E-state index is -0.624. The summed E-state index contributed by atoms with van der Waals surface area (Å²) in [4.78, 5) is 13.6. The quantitative estimate of drug-likeness (QED) is 0.864.